The third-order valence-corrected chi connectivity index (χ3v) is 5.38. The molecule has 2 bridgehead atoms. The topological polar surface area (TPSA) is 75.9 Å². The number of amides is 2. The number of carbonyl (C=O) groups excluding carboxylic acids is 2. The Morgan fingerprint density at radius 2 is 1.89 bits per heavy atom. The van der Waals surface area contributed by atoms with Crippen LogP contribution >= 0.6 is 12.4 Å². The maximum absolute atomic E-state index is 13.1. The number of rotatable bonds is 4. The second-order valence-electron chi connectivity index (χ2n) is 7.15. The van der Waals surface area contributed by atoms with E-state index in [-0.39, 0.29) is 30.3 Å². The molecule has 0 aromatic heterocycles. The van der Waals surface area contributed by atoms with Gasteiger partial charge in [-0.3, -0.25) is 9.59 Å². The molecule has 4 rings (SSSR count). The smallest absolute Gasteiger partial charge is 0.250 e. The summed E-state index contributed by atoms with van der Waals surface area (Å²) in [4.78, 5) is 28.8. The average molecular weight is 402 g/mol. The molecule has 0 saturated carbocycles. The van der Waals surface area contributed by atoms with Crippen LogP contribution in [-0.2, 0) is 9.59 Å². The van der Waals surface area contributed by atoms with Gasteiger partial charge in [0.05, 0.1) is 24.9 Å². The summed E-state index contributed by atoms with van der Waals surface area (Å²) in [7, 11) is 1.60. The van der Waals surface area contributed by atoms with Crippen molar-refractivity contribution < 1.29 is 14.3 Å². The van der Waals surface area contributed by atoms with Gasteiger partial charge in [-0.15, -0.1) is 12.4 Å². The van der Waals surface area contributed by atoms with Crippen LogP contribution in [0.5, 0.6) is 5.75 Å². The number of nitrogens with zero attached hydrogens (tertiary/aromatic N) is 2. The van der Waals surface area contributed by atoms with Gasteiger partial charge in [-0.1, -0.05) is 36.4 Å². The molecule has 6 nitrogen and oxygen atoms in total. The van der Waals surface area contributed by atoms with Gasteiger partial charge in [-0.05, 0) is 36.6 Å². The molecule has 2 aliphatic rings. The van der Waals surface area contributed by atoms with Crippen molar-refractivity contribution in [2.75, 3.05) is 18.6 Å². The van der Waals surface area contributed by atoms with Crippen LogP contribution in [0, 0.1) is 0 Å². The van der Waals surface area contributed by atoms with Gasteiger partial charge in [0, 0.05) is 6.54 Å². The number of ether oxygens (including phenoxy) is 1. The summed E-state index contributed by atoms with van der Waals surface area (Å²) in [6.07, 6.45) is 0.635. The van der Waals surface area contributed by atoms with Crippen LogP contribution in [0.2, 0.25) is 0 Å². The number of benzene rings is 2. The molecular formula is C21H24ClN3O3. The van der Waals surface area contributed by atoms with E-state index < -0.39 is 12.1 Å². The molecule has 2 fully saturated rings. The van der Waals surface area contributed by atoms with Crippen molar-refractivity contribution in [2.45, 2.75) is 31.5 Å². The molecule has 2 N–H and O–H groups in total. The van der Waals surface area contributed by atoms with Crippen molar-refractivity contribution in [3.8, 4) is 16.9 Å². The summed E-state index contributed by atoms with van der Waals surface area (Å²) in [6, 6.07) is 14.8. The van der Waals surface area contributed by atoms with E-state index in [1.165, 1.54) is 0 Å². The highest BCUT2D eigenvalue weighted by Crippen LogP contribution is 2.41. The highest BCUT2D eigenvalue weighted by molar-refractivity contribution is 6.05. The normalized spacial score (nSPS) is 21.5. The van der Waals surface area contributed by atoms with E-state index in [1.54, 1.807) is 23.8 Å². The molecule has 2 amide bonds. The molecule has 0 spiro atoms. The van der Waals surface area contributed by atoms with E-state index in [0.717, 1.165) is 16.8 Å². The van der Waals surface area contributed by atoms with Crippen molar-refractivity contribution in [3.05, 3.63) is 48.5 Å². The number of nitrogens with two attached hydrogens (primary N) is 1. The van der Waals surface area contributed by atoms with Crippen LogP contribution in [0.25, 0.3) is 11.1 Å². The van der Waals surface area contributed by atoms with Crippen LogP contribution < -0.4 is 15.4 Å². The molecule has 2 aromatic rings. The second kappa shape index (κ2) is 7.81. The highest BCUT2D eigenvalue weighted by atomic mass is 35.5. The monoisotopic (exact) mass is 401 g/mol. The Labute approximate surface area is 170 Å². The Balaban J connectivity index is 0.00000225. The Kier molecular flexibility index (Phi) is 5.63. The number of fused-ring (bicyclic) bond motifs is 2. The summed E-state index contributed by atoms with van der Waals surface area (Å²) in [6.45, 7) is 2.17. The van der Waals surface area contributed by atoms with Gasteiger partial charge in [0.15, 0.2) is 0 Å². The van der Waals surface area contributed by atoms with Crippen LogP contribution in [0.3, 0.4) is 0 Å². The Morgan fingerprint density at radius 3 is 2.50 bits per heavy atom. The first kappa shape index (κ1) is 20.2. The number of carbonyl (C=O) groups is 2. The van der Waals surface area contributed by atoms with Gasteiger partial charge in [-0.2, -0.15) is 0 Å². The fourth-order valence-electron chi connectivity index (χ4n) is 4.08. The van der Waals surface area contributed by atoms with Crippen LogP contribution in [-0.4, -0.2) is 48.5 Å². The summed E-state index contributed by atoms with van der Waals surface area (Å²) in [5.41, 5.74) is 8.58. The Hall–Kier alpha value is -2.57. The number of likely N-dealkylation sites (tertiary alicyclic amines) is 1. The maximum atomic E-state index is 13.1. The van der Waals surface area contributed by atoms with Gasteiger partial charge in [-0.25, -0.2) is 0 Å². The van der Waals surface area contributed by atoms with Gasteiger partial charge in [0.25, 0.3) is 0 Å². The minimum absolute atomic E-state index is 0. The largest absolute Gasteiger partial charge is 0.495 e. The zero-order valence-electron chi connectivity index (χ0n) is 15.9. The third kappa shape index (κ3) is 3.23. The van der Waals surface area contributed by atoms with Gasteiger partial charge >= 0.3 is 0 Å². The molecule has 2 aromatic carbocycles. The van der Waals surface area contributed by atoms with Gasteiger partial charge in [0.1, 0.15) is 11.8 Å². The predicted molar refractivity (Wildman–Crippen MR) is 111 cm³/mol. The Bertz CT molecular complexity index is 888. The lowest BCUT2D eigenvalue weighted by molar-refractivity contribution is -0.139. The van der Waals surface area contributed by atoms with E-state index in [9.17, 15) is 9.59 Å². The zero-order valence-corrected chi connectivity index (χ0v) is 16.7. The minimum Gasteiger partial charge on any atom is -0.495 e. The quantitative estimate of drug-likeness (QED) is 0.853. The third-order valence-electron chi connectivity index (χ3n) is 5.38. The molecule has 0 aliphatic carbocycles. The number of piperazine rings is 1. The molecule has 148 valence electrons. The van der Waals surface area contributed by atoms with Crippen LogP contribution in [0.15, 0.2) is 48.5 Å². The van der Waals surface area contributed by atoms with Crippen LogP contribution in [0.4, 0.5) is 5.69 Å². The van der Waals surface area contributed by atoms with E-state index in [4.69, 9.17) is 10.5 Å². The van der Waals surface area contributed by atoms with Crippen molar-refractivity contribution in [1.82, 2.24) is 4.90 Å². The number of hydrogen-bond acceptors (Lipinski definition) is 4. The lowest BCUT2D eigenvalue weighted by Crippen LogP contribution is -2.55. The standard InChI is InChI=1S/C21H23N3O3.ClH/c1-13(22)20(25)23-12-16-11-18(23)21(26)24(16)17-10-15(8-9-19(17)27-2)14-6-4-3-5-7-14;/h3-10,13,16,18H,11-12,22H2,1-2H3;1H/t13-,16+,18+;/m1./s1. The number of hydrogen-bond donors (Lipinski definition) is 1. The second-order valence-corrected chi connectivity index (χ2v) is 7.15. The number of halogens is 1. The number of methoxy groups -OCH3 is 1. The van der Waals surface area contributed by atoms with E-state index in [1.807, 2.05) is 48.5 Å². The SMILES string of the molecule is COc1ccc(-c2ccccc2)cc1N1C(=O)[C@@H]2C[C@H]1CN2C(=O)[C@@H](C)N.Cl. The molecule has 28 heavy (non-hydrogen) atoms. The molecule has 0 unspecified atom stereocenters. The Morgan fingerprint density at radius 1 is 1.18 bits per heavy atom. The lowest BCUT2D eigenvalue weighted by Gasteiger charge is -2.35. The van der Waals surface area contributed by atoms with Crippen LogP contribution in [0.1, 0.15) is 13.3 Å². The zero-order chi connectivity index (χ0) is 19.1. The van der Waals surface area contributed by atoms with Crippen molar-refractivity contribution in [2.24, 2.45) is 5.73 Å². The average Bonchev–Trinajstić information content (AvgIpc) is 3.25. The van der Waals surface area contributed by atoms with E-state index in [2.05, 4.69) is 0 Å². The predicted octanol–water partition coefficient (Wildman–Crippen LogP) is 2.45. The first-order valence-electron chi connectivity index (χ1n) is 9.14. The van der Waals surface area contributed by atoms with Crippen molar-refractivity contribution >= 4 is 29.9 Å². The molecule has 2 aliphatic heterocycles. The highest BCUT2D eigenvalue weighted by Gasteiger charge is 2.52. The van der Waals surface area contributed by atoms with E-state index >= 15 is 0 Å². The fraction of sp³-hybridized carbons (Fsp3) is 0.333. The first-order chi connectivity index (χ1) is 13.0. The molecule has 3 atom stereocenters. The van der Waals surface area contributed by atoms with Crippen molar-refractivity contribution in [3.63, 3.8) is 0 Å². The summed E-state index contributed by atoms with van der Waals surface area (Å²) >= 11 is 0. The fourth-order valence-corrected chi connectivity index (χ4v) is 4.08. The summed E-state index contributed by atoms with van der Waals surface area (Å²) in [5, 5.41) is 0. The molecule has 7 heteroatoms. The van der Waals surface area contributed by atoms with Crippen molar-refractivity contribution in [1.29, 1.82) is 0 Å². The molecule has 2 heterocycles. The molecule has 0 radical (unpaired) electrons. The number of anilines is 1. The van der Waals surface area contributed by atoms with Gasteiger partial charge in [0.2, 0.25) is 11.8 Å². The molecular weight excluding hydrogens is 378 g/mol. The summed E-state index contributed by atoms with van der Waals surface area (Å²) < 4.78 is 5.52. The van der Waals surface area contributed by atoms with E-state index in [0.29, 0.717) is 18.7 Å². The summed E-state index contributed by atoms with van der Waals surface area (Å²) in [5.74, 6) is 0.421. The first-order valence-corrected chi connectivity index (χ1v) is 9.14. The lowest BCUT2D eigenvalue weighted by atomic mass is 10.0. The maximum Gasteiger partial charge on any atom is 0.250 e. The molecule has 2 saturated heterocycles. The minimum atomic E-state index is -0.596. The van der Waals surface area contributed by atoms with Gasteiger partial charge < -0.3 is 20.3 Å².